The summed E-state index contributed by atoms with van der Waals surface area (Å²) in [7, 11) is 0. The Labute approximate surface area is 163 Å². The molecule has 1 aromatic heterocycles. The molecule has 0 spiro atoms. The molecule has 0 aliphatic rings. The maximum absolute atomic E-state index is 11.0. The van der Waals surface area contributed by atoms with Gasteiger partial charge in [0.25, 0.3) is 0 Å². The highest BCUT2D eigenvalue weighted by Gasteiger charge is 2.03. The van der Waals surface area contributed by atoms with Crippen LogP contribution in [0.2, 0.25) is 0 Å². The third-order valence-corrected chi connectivity index (χ3v) is 4.14. The first-order chi connectivity index (χ1) is 13.6. The standard InChI is InChI=1S/C22H20N4O2/c23-13-17-2-1-3-18(12-17)14-25-11-10-16-4-7-20(8-5-16)28-21-9-6-19(15-26-21)22(24)27/h1-9,12,15,25H,10-11,14H2,(H2,24,27). The zero-order chi connectivity index (χ0) is 19.8. The van der Waals surface area contributed by atoms with Gasteiger partial charge in [0.2, 0.25) is 11.8 Å². The SMILES string of the molecule is N#Cc1cccc(CNCCc2ccc(Oc3ccc(C(N)=O)cn3)cc2)c1. The second-order valence-corrected chi connectivity index (χ2v) is 6.23. The van der Waals surface area contributed by atoms with Crippen LogP contribution >= 0.6 is 0 Å². The van der Waals surface area contributed by atoms with Gasteiger partial charge in [-0.15, -0.1) is 0 Å². The normalized spacial score (nSPS) is 10.2. The van der Waals surface area contributed by atoms with Crippen molar-refractivity contribution in [1.29, 1.82) is 5.26 Å². The van der Waals surface area contributed by atoms with E-state index in [9.17, 15) is 4.79 Å². The molecule has 0 saturated heterocycles. The summed E-state index contributed by atoms with van der Waals surface area (Å²) in [5.74, 6) is 0.554. The van der Waals surface area contributed by atoms with Crippen LogP contribution < -0.4 is 15.8 Å². The lowest BCUT2D eigenvalue weighted by Gasteiger charge is -2.08. The van der Waals surface area contributed by atoms with Crippen LogP contribution in [0.4, 0.5) is 0 Å². The van der Waals surface area contributed by atoms with Crippen molar-refractivity contribution in [2.24, 2.45) is 5.73 Å². The van der Waals surface area contributed by atoms with Gasteiger partial charge in [-0.3, -0.25) is 4.79 Å². The number of nitrogens with zero attached hydrogens (tertiary/aromatic N) is 2. The van der Waals surface area contributed by atoms with Crippen molar-refractivity contribution >= 4 is 5.91 Å². The number of carbonyl (C=O) groups excluding carboxylic acids is 1. The predicted molar refractivity (Wildman–Crippen MR) is 106 cm³/mol. The first kappa shape index (κ1) is 19.1. The lowest BCUT2D eigenvalue weighted by atomic mass is 10.1. The molecule has 0 aliphatic heterocycles. The molecular weight excluding hydrogens is 352 g/mol. The fourth-order valence-electron chi connectivity index (χ4n) is 2.65. The number of nitrogens with two attached hydrogens (primary N) is 1. The van der Waals surface area contributed by atoms with Gasteiger partial charge in [-0.05, 0) is 54.4 Å². The quantitative estimate of drug-likeness (QED) is 0.592. The summed E-state index contributed by atoms with van der Waals surface area (Å²) in [6, 6.07) is 20.7. The molecule has 6 nitrogen and oxygen atoms in total. The van der Waals surface area contributed by atoms with E-state index in [1.807, 2.05) is 42.5 Å². The van der Waals surface area contributed by atoms with E-state index >= 15 is 0 Å². The van der Waals surface area contributed by atoms with Crippen LogP contribution in [0, 0.1) is 11.3 Å². The number of hydrogen-bond donors (Lipinski definition) is 2. The van der Waals surface area contributed by atoms with E-state index in [1.165, 1.54) is 11.8 Å². The Bertz CT molecular complexity index is 977. The van der Waals surface area contributed by atoms with Crippen LogP contribution in [0.5, 0.6) is 11.6 Å². The van der Waals surface area contributed by atoms with E-state index in [1.54, 1.807) is 18.2 Å². The Morgan fingerprint density at radius 2 is 1.93 bits per heavy atom. The van der Waals surface area contributed by atoms with Crippen LogP contribution in [-0.2, 0) is 13.0 Å². The number of amides is 1. The summed E-state index contributed by atoms with van der Waals surface area (Å²) in [5.41, 5.74) is 8.49. The fraction of sp³-hybridized carbons (Fsp3) is 0.136. The summed E-state index contributed by atoms with van der Waals surface area (Å²) in [6.07, 6.45) is 2.27. The minimum absolute atomic E-state index is 0.342. The molecular formula is C22H20N4O2. The topological polar surface area (TPSA) is 101 Å². The molecule has 1 heterocycles. The Morgan fingerprint density at radius 1 is 1.11 bits per heavy atom. The number of nitrogens with one attached hydrogen (secondary N) is 1. The van der Waals surface area contributed by atoms with Crippen LogP contribution in [0.25, 0.3) is 0 Å². The number of aromatic nitrogens is 1. The second kappa shape index (κ2) is 9.31. The smallest absolute Gasteiger partial charge is 0.250 e. The van der Waals surface area contributed by atoms with E-state index in [0.717, 1.165) is 25.1 Å². The second-order valence-electron chi connectivity index (χ2n) is 6.23. The van der Waals surface area contributed by atoms with Gasteiger partial charge in [0.05, 0.1) is 17.2 Å². The molecule has 0 fully saturated rings. The van der Waals surface area contributed by atoms with Gasteiger partial charge in [0.15, 0.2) is 0 Å². The van der Waals surface area contributed by atoms with Crippen molar-refractivity contribution in [3.05, 3.63) is 89.1 Å². The first-order valence-electron chi connectivity index (χ1n) is 8.86. The van der Waals surface area contributed by atoms with Crippen LogP contribution in [-0.4, -0.2) is 17.4 Å². The van der Waals surface area contributed by atoms with Gasteiger partial charge >= 0.3 is 0 Å². The Morgan fingerprint density at radius 3 is 2.61 bits per heavy atom. The van der Waals surface area contributed by atoms with E-state index < -0.39 is 5.91 Å². The van der Waals surface area contributed by atoms with Gasteiger partial charge in [0, 0.05) is 18.8 Å². The third-order valence-electron chi connectivity index (χ3n) is 4.14. The molecule has 3 aromatic rings. The number of rotatable bonds is 8. The van der Waals surface area contributed by atoms with E-state index in [4.69, 9.17) is 15.7 Å². The average molecular weight is 372 g/mol. The Balaban J connectivity index is 1.46. The zero-order valence-corrected chi connectivity index (χ0v) is 15.3. The molecule has 3 N–H and O–H groups in total. The molecule has 28 heavy (non-hydrogen) atoms. The summed E-state index contributed by atoms with van der Waals surface area (Å²) in [4.78, 5) is 15.1. The highest BCUT2D eigenvalue weighted by molar-refractivity contribution is 5.92. The molecule has 2 aromatic carbocycles. The van der Waals surface area contributed by atoms with Crippen LogP contribution in [0.1, 0.15) is 27.0 Å². The van der Waals surface area contributed by atoms with E-state index in [0.29, 0.717) is 22.8 Å². The molecule has 6 heteroatoms. The van der Waals surface area contributed by atoms with E-state index in [-0.39, 0.29) is 0 Å². The molecule has 0 aliphatic carbocycles. The lowest BCUT2D eigenvalue weighted by Crippen LogP contribution is -2.16. The molecule has 0 bridgehead atoms. The maximum atomic E-state index is 11.0. The summed E-state index contributed by atoms with van der Waals surface area (Å²) in [6.45, 7) is 1.55. The van der Waals surface area contributed by atoms with Crippen molar-refractivity contribution in [2.45, 2.75) is 13.0 Å². The number of nitriles is 1. The lowest BCUT2D eigenvalue weighted by molar-refractivity contribution is 0.1000. The summed E-state index contributed by atoms with van der Waals surface area (Å²) >= 11 is 0. The minimum Gasteiger partial charge on any atom is -0.439 e. The molecule has 0 unspecified atom stereocenters. The number of primary amides is 1. The summed E-state index contributed by atoms with van der Waals surface area (Å²) in [5, 5.41) is 12.3. The maximum Gasteiger partial charge on any atom is 0.250 e. The van der Waals surface area contributed by atoms with Crippen molar-refractivity contribution in [3.63, 3.8) is 0 Å². The fourth-order valence-corrected chi connectivity index (χ4v) is 2.65. The average Bonchev–Trinajstić information content (AvgIpc) is 2.73. The van der Waals surface area contributed by atoms with Crippen molar-refractivity contribution < 1.29 is 9.53 Å². The first-order valence-corrected chi connectivity index (χ1v) is 8.86. The van der Waals surface area contributed by atoms with E-state index in [2.05, 4.69) is 16.4 Å². The highest BCUT2D eigenvalue weighted by Crippen LogP contribution is 2.20. The third kappa shape index (κ3) is 5.40. The minimum atomic E-state index is -0.519. The molecule has 1 amide bonds. The zero-order valence-electron chi connectivity index (χ0n) is 15.3. The highest BCUT2D eigenvalue weighted by atomic mass is 16.5. The molecule has 0 saturated carbocycles. The number of benzene rings is 2. The van der Waals surface area contributed by atoms with Crippen molar-refractivity contribution in [2.75, 3.05) is 6.54 Å². The van der Waals surface area contributed by atoms with Crippen LogP contribution in [0.3, 0.4) is 0 Å². The van der Waals surface area contributed by atoms with Crippen molar-refractivity contribution in [3.8, 4) is 17.7 Å². The largest absolute Gasteiger partial charge is 0.439 e. The molecule has 3 rings (SSSR count). The molecule has 0 radical (unpaired) electrons. The number of pyridine rings is 1. The van der Waals surface area contributed by atoms with Gasteiger partial charge in [-0.2, -0.15) is 5.26 Å². The van der Waals surface area contributed by atoms with Gasteiger partial charge < -0.3 is 15.8 Å². The number of ether oxygens (including phenoxy) is 1. The Hall–Kier alpha value is -3.69. The number of hydrogen-bond acceptors (Lipinski definition) is 5. The van der Waals surface area contributed by atoms with Crippen LogP contribution in [0.15, 0.2) is 66.9 Å². The van der Waals surface area contributed by atoms with Gasteiger partial charge in [0.1, 0.15) is 5.75 Å². The molecule has 140 valence electrons. The Kier molecular flexibility index (Phi) is 6.34. The van der Waals surface area contributed by atoms with Gasteiger partial charge in [-0.1, -0.05) is 24.3 Å². The molecule has 0 atom stereocenters. The monoisotopic (exact) mass is 372 g/mol. The predicted octanol–water partition coefficient (Wildman–Crippen LogP) is 3.18. The summed E-state index contributed by atoms with van der Waals surface area (Å²) < 4.78 is 5.67. The van der Waals surface area contributed by atoms with Crippen molar-refractivity contribution in [1.82, 2.24) is 10.3 Å². The number of carbonyl (C=O) groups is 1. The van der Waals surface area contributed by atoms with Gasteiger partial charge in [-0.25, -0.2) is 4.98 Å².